The highest BCUT2D eigenvalue weighted by atomic mass is 19.3. The van der Waals surface area contributed by atoms with E-state index in [9.17, 15) is 13.6 Å². The molecule has 1 amide bonds. The van der Waals surface area contributed by atoms with Crippen molar-refractivity contribution >= 4 is 11.6 Å². The third-order valence-corrected chi connectivity index (χ3v) is 3.19. The molecular weight excluding hydrogens is 278 g/mol. The van der Waals surface area contributed by atoms with Crippen molar-refractivity contribution in [1.29, 1.82) is 0 Å². The number of carbonyl (C=O) groups excluding carboxylic acids is 1. The molecule has 4 nitrogen and oxygen atoms in total. The summed E-state index contributed by atoms with van der Waals surface area (Å²) in [5.41, 5.74) is 2.06. The molecule has 1 aliphatic rings. The van der Waals surface area contributed by atoms with Gasteiger partial charge in [0.2, 0.25) is 0 Å². The third kappa shape index (κ3) is 2.79. The molecule has 0 unspecified atom stereocenters. The molecule has 3 rings (SSSR count). The first kappa shape index (κ1) is 13.4. The van der Waals surface area contributed by atoms with Crippen molar-refractivity contribution in [3.8, 4) is 5.75 Å². The van der Waals surface area contributed by atoms with Crippen LogP contribution >= 0.6 is 0 Å². The summed E-state index contributed by atoms with van der Waals surface area (Å²) in [4.78, 5) is 12.0. The molecular formula is C15H12F2N2O2. The molecule has 0 spiro atoms. The van der Waals surface area contributed by atoms with Gasteiger partial charge in [-0.1, -0.05) is 24.3 Å². The lowest BCUT2D eigenvalue weighted by Crippen LogP contribution is -2.38. The Kier molecular flexibility index (Phi) is 3.43. The molecule has 0 radical (unpaired) electrons. The van der Waals surface area contributed by atoms with Crippen LogP contribution in [-0.4, -0.2) is 12.5 Å². The summed E-state index contributed by atoms with van der Waals surface area (Å²) in [6, 6.07) is 13.3. The van der Waals surface area contributed by atoms with Crippen LogP contribution in [0.15, 0.2) is 48.5 Å². The fourth-order valence-electron chi connectivity index (χ4n) is 2.22. The summed E-state index contributed by atoms with van der Waals surface area (Å²) in [5, 5.41) is 5.99. The number of ether oxygens (including phenoxy) is 1. The molecule has 1 atom stereocenters. The Hall–Kier alpha value is -2.63. The fraction of sp³-hybridized carbons (Fsp3) is 0.133. The standard InChI is InChI=1S/C15H12F2N2O2/c16-15(17)21-10-7-5-9(6-8-10)13-18-12-4-2-1-3-11(12)14(20)19-13/h1-8,13,15,18H,(H,19,20)/t13-/m1/s1. The average molecular weight is 290 g/mol. The van der Waals surface area contributed by atoms with E-state index in [2.05, 4.69) is 15.4 Å². The fourth-order valence-corrected chi connectivity index (χ4v) is 2.22. The van der Waals surface area contributed by atoms with Crippen molar-refractivity contribution in [3.05, 3.63) is 59.7 Å². The topological polar surface area (TPSA) is 50.4 Å². The van der Waals surface area contributed by atoms with Crippen molar-refractivity contribution in [3.63, 3.8) is 0 Å². The Labute approximate surface area is 119 Å². The first-order chi connectivity index (χ1) is 10.1. The number of hydrogen-bond acceptors (Lipinski definition) is 3. The van der Waals surface area contributed by atoms with Crippen LogP contribution in [-0.2, 0) is 0 Å². The molecule has 0 aromatic heterocycles. The number of amides is 1. The predicted octanol–water partition coefficient (Wildman–Crippen LogP) is 3.14. The number of carbonyl (C=O) groups is 1. The number of benzene rings is 2. The van der Waals surface area contributed by atoms with Gasteiger partial charge in [0, 0.05) is 5.69 Å². The van der Waals surface area contributed by atoms with Gasteiger partial charge in [0.1, 0.15) is 11.9 Å². The van der Waals surface area contributed by atoms with Gasteiger partial charge in [0.05, 0.1) is 5.56 Å². The summed E-state index contributed by atoms with van der Waals surface area (Å²) in [5.74, 6) is -0.0986. The second-order valence-corrected chi connectivity index (χ2v) is 4.54. The van der Waals surface area contributed by atoms with Crippen LogP contribution in [0.2, 0.25) is 0 Å². The minimum Gasteiger partial charge on any atom is -0.435 e. The van der Waals surface area contributed by atoms with Gasteiger partial charge in [-0.15, -0.1) is 0 Å². The molecule has 0 saturated heterocycles. The first-order valence-corrected chi connectivity index (χ1v) is 6.35. The van der Waals surface area contributed by atoms with E-state index in [4.69, 9.17) is 0 Å². The number of nitrogens with one attached hydrogen (secondary N) is 2. The Bertz CT molecular complexity index is 659. The summed E-state index contributed by atoms with van der Waals surface area (Å²) in [6.45, 7) is -2.85. The maximum atomic E-state index is 12.1. The maximum Gasteiger partial charge on any atom is 0.387 e. The molecule has 0 saturated carbocycles. The minimum absolute atomic E-state index is 0.0799. The van der Waals surface area contributed by atoms with Crippen molar-refractivity contribution in [1.82, 2.24) is 5.32 Å². The van der Waals surface area contributed by atoms with Gasteiger partial charge in [-0.3, -0.25) is 4.79 Å². The highest BCUT2D eigenvalue weighted by Crippen LogP contribution is 2.27. The van der Waals surface area contributed by atoms with Gasteiger partial charge in [0.25, 0.3) is 5.91 Å². The number of hydrogen-bond donors (Lipinski definition) is 2. The van der Waals surface area contributed by atoms with Crippen molar-refractivity contribution < 1.29 is 18.3 Å². The number of anilines is 1. The largest absolute Gasteiger partial charge is 0.435 e. The van der Waals surface area contributed by atoms with E-state index >= 15 is 0 Å². The van der Waals surface area contributed by atoms with E-state index < -0.39 is 12.8 Å². The van der Waals surface area contributed by atoms with Crippen LogP contribution < -0.4 is 15.4 Å². The second-order valence-electron chi connectivity index (χ2n) is 4.54. The molecule has 1 heterocycles. The SMILES string of the molecule is O=C1N[C@H](c2ccc(OC(F)F)cc2)Nc2ccccc21. The first-order valence-electron chi connectivity index (χ1n) is 6.35. The van der Waals surface area contributed by atoms with E-state index in [1.807, 2.05) is 12.1 Å². The molecule has 2 aromatic carbocycles. The van der Waals surface area contributed by atoms with Crippen LogP contribution in [0.3, 0.4) is 0 Å². The molecule has 108 valence electrons. The van der Waals surface area contributed by atoms with Crippen molar-refractivity contribution in [2.24, 2.45) is 0 Å². The van der Waals surface area contributed by atoms with Crippen LogP contribution in [0.4, 0.5) is 14.5 Å². The summed E-state index contributed by atoms with van der Waals surface area (Å²) in [6.07, 6.45) is -0.409. The molecule has 2 N–H and O–H groups in total. The van der Waals surface area contributed by atoms with Crippen molar-refractivity contribution in [2.45, 2.75) is 12.8 Å². The predicted molar refractivity (Wildman–Crippen MR) is 73.3 cm³/mol. The van der Waals surface area contributed by atoms with Gasteiger partial charge in [-0.2, -0.15) is 8.78 Å². The van der Waals surface area contributed by atoms with Crippen LogP contribution in [0, 0.1) is 0 Å². The van der Waals surface area contributed by atoms with E-state index in [0.717, 1.165) is 11.3 Å². The zero-order chi connectivity index (χ0) is 14.8. The van der Waals surface area contributed by atoms with Crippen LogP contribution in [0.25, 0.3) is 0 Å². The molecule has 1 aliphatic heterocycles. The number of fused-ring (bicyclic) bond motifs is 1. The molecule has 2 aromatic rings. The number of alkyl halides is 2. The minimum atomic E-state index is -2.85. The third-order valence-electron chi connectivity index (χ3n) is 3.19. The molecule has 0 bridgehead atoms. The summed E-state index contributed by atoms with van der Waals surface area (Å²) in [7, 11) is 0. The summed E-state index contributed by atoms with van der Waals surface area (Å²) < 4.78 is 28.5. The Morgan fingerprint density at radius 2 is 1.71 bits per heavy atom. The zero-order valence-corrected chi connectivity index (χ0v) is 10.8. The second kappa shape index (κ2) is 5.40. The van der Waals surface area contributed by atoms with E-state index in [1.54, 1.807) is 24.3 Å². The Morgan fingerprint density at radius 3 is 2.43 bits per heavy atom. The quantitative estimate of drug-likeness (QED) is 0.913. The lowest BCUT2D eigenvalue weighted by molar-refractivity contribution is -0.0498. The van der Waals surface area contributed by atoms with E-state index in [1.165, 1.54) is 12.1 Å². The Morgan fingerprint density at radius 1 is 1.00 bits per heavy atom. The van der Waals surface area contributed by atoms with Crippen LogP contribution in [0.1, 0.15) is 22.1 Å². The number of halogens is 2. The normalized spacial score (nSPS) is 16.9. The monoisotopic (exact) mass is 290 g/mol. The summed E-state index contributed by atoms with van der Waals surface area (Å²) >= 11 is 0. The van der Waals surface area contributed by atoms with E-state index in [-0.39, 0.29) is 11.7 Å². The lowest BCUT2D eigenvalue weighted by atomic mass is 10.1. The maximum absolute atomic E-state index is 12.1. The van der Waals surface area contributed by atoms with Crippen LogP contribution in [0.5, 0.6) is 5.75 Å². The highest BCUT2D eigenvalue weighted by molar-refractivity contribution is 6.01. The zero-order valence-electron chi connectivity index (χ0n) is 10.8. The van der Waals surface area contributed by atoms with Gasteiger partial charge in [-0.25, -0.2) is 0 Å². The average Bonchev–Trinajstić information content (AvgIpc) is 2.47. The van der Waals surface area contributed by atoms with Gasteiger partial charge >= 0.3 is 6.61 Å². The smallest absolute Gasteiger partial charge is 0.387 e. The van der Waals surface area contributed by atoms with Gasteiger partial charge in [0.15, 0.2) is 0 Å². The number of para-hydroxylation sites is 1. The molecule has 0 aliphatic carbocycles. The Balaban J connectivity index is 1.81. The lowest BCUT2D eigenvalue weighted by Gasteiger charge is -2.28. The molecule has 21 heavy (non-hydrogen) atoms. The molecule has 6 heteroatoms. The van der Waals surface area contributed by atoms with Crippen molar-refractivity contribution in [2.75, 3.05) is 5.32 Å². The molecule has 0 fully saturated rings. The number of rotatable bonds is 3. The highest BCUT2D eigenvalue weighted by Gasteiger charge is 2.23. The van der Waals surface area contributed by atoms with E-state index in [0.29, 0.717) is 5.56 Å². The van der Waals surface area contributed by atoms with Gasteiger partial charge < -0.3 is 15.4 Å². The van der Waals surface area contributed by atoms with Gasteiger partial charge in [-0.05, 0) is 29.8 Å².